The van der Waals surface area contributed by atoms with Crippen molar-refractivity contribution in [1.82, 2.24) is 0 Å². The second-order valence-corrected chi connectivity index (χ2v) is 6.21. The molecule has 0 amide bonds. The summed E-state index contributed by atoms with van der Waals surface area (Å²) < 4.78 is 20.9. The van der Waals surface area contributed by atoms with Gasteiger partial charge in [0, 0.05) is 20.1 Å². The van der Waals surface area contributed by atoms with E-state index in [4.69, 9.17) is 4.74 Å². The lowest BCUT2D eigenvalue weighted by atomic mass is 10.1. The Morgan fingerprint density at radius 1 is 1.15 bits per heavy atom. The highest BCUT2D eigenvalue weighted by Gasteiger charge is 2.11. The first-order valence-corrected chi connectivity index (χ1v) is 7.60. The van der Waals surface area contributed by atoms with E-state index in [-0.39, 0.29) is 12.4 Å². The highest BCUT2D eigenvalue weighted by atomic mass is 79.9. The van der Waals surface area contributed by atoms with E-state index in [9.17, 15) is 9.50 Å². The van der Waals surface area contributed by atoms with E-state index in [1.807, 2.05) is 6.07 Å². The molecule has 0 aliphatic heterocycles. The van der Waals surface area contributed by atoms with Crippen molar-refractivity contribution in [3.8, 4) is 5.75 Å². The predicted molar refractivity (Wildman–Crippen MR) is 83.2 cm³/mol. The molecule has 2 aromatic carbocycles. The molecule has 2 aromatic rings. The van der Waals surface area contributed by atoms with Crippen LogP contribution in [0, 0.1) is 5.82 Å². The fraction of sp³-hybridized carbons (Fsp3) is 0.200. The summed E-state index contributed by atoms with van der Waals surface area (Å²) in [6.45, 7) is 1.76. The molecule has 0 radical (unpaired) electrons. The van der Waals surface area contributed by atoms with Gasteiger partial charge in [0.1, 0.15) is 18.2 Å². The summed E-state index contributed by atoms with van der Waals surface area (Å²) in [7, 11) is 0. The number of aliphatic hydroxyl groups is 1. The second-order valence-electron chi connectivity index (χ2n) is 4.38. The van der Waals surface area contributed by atoms with Crippen LogP contribution in [-0.4, -0.2) is 5.11 Å². The Kier molecular flexibility index (Phi) is 5.18. The van der Waals surface area contributed by atoms with E-state index >= 15 is 0 Å². The molecule has 1 atom stereocenters. The zero-order valence-electron chi connectivity index (χ0n) is 10.7. The molecular weight excluding hydrogens is 391 g/mol. The molecule has 0 heterocycles. The van der Waals surface area contributed by atoms with Crippen LogP contribution in [-0.2, 0) is 6.61 Å². The summed E-state index contributed by atoms with van der Waals surface area (Å²) in [4.78, 5) is 0. The minimum atomic E-state index is -0.658. The highest BCUT2D eigenvalue weighted by Crippen LogP contribution is 2.29. The Morgan fingerprint density at radius 3 is 2.50 bits per heavy atom. The van der Waals surface area contributed by atoms with E-state index in [1.54, 1.807) is 31.2 Å². The Balaban J connectivity index is 2.20. The third-order valence-corrected chi connectivity index (χ3v) is 3.80. The van der Waals surface area contributed by atoms with E-state index in [0.29, 0.717) is 16.9 Å². The van der Waals surface area contributed by atoms with Gasteiger partial charge in [-0.05, 0) is 43.3 Å². The van der Waals surface area contributed by atoms with Crippen molar-refractivity contribution in [2.45, 2.75) is 19.6 Å². The molecule has 0 aromatic heterocycles. The predicted octanol–water partition coefficient (Wildman–Crippen LogP) is 4.98. The maximum absolute atomic E-state index is 13.6. The standard InChI is InChI=1S/C15H13Br2FO2/c1-9(19)13-7-12(17)3-5-15(13)20-8-10-6-11(16)2-4-14(10)18/h2-7,9,19H,8H2,1H3/t9-/m0/s1. The normalized spacial score (nSPS) is 12.2. The van der Waals surface area contributed by atoms with Gasteiger partial charge in [0.2, 0.25) is 0 Å². The minimum absolute atomic E-state index is 0.104. The molecular formula is C15H13Br2FO2. The molecule has 20 heavy (non-hydrogen) atoms. The van der Waals surface area contributed by atoms with Gasteiger partial charge in [-0.3, -0.25) is 0 Å². The molecule has 0 aliphatic rings. The van der Waals surface area contributed by atoms with Gasteiger partial charge in [0.05, 0.1) is 6.10 Å². The summed E-state index contributed by atoms with van der Waals surface area (Å²) in [6, 6.07) is 10.1. The van der Waals surface area contributed by atoms with Gasteiger partial charge in [-0.1, -0.05) is 31.9 Å². The maximum Gasteiger partial charge on any atom is 0.129 e. The van der Waals surface area contributed by atoms with Crippen LogP contribution in [0.4, 0.5) is 4.39 Å². The Hall–Kier alpha value is -0.910. The van der Waals surface area contributed by atoms with Crippen LogP contribution in [0.25, 0.3) is 0 Å². The molecule has 0 aliphatic carbocycles. The van der Waals surface area contributed by atoms with Crippen molar-refractivity contribution in [2.75, 3.05) is 0 Å². The molecule has 1 N–H and O–H groups in total. The number of ether oxygens (including phenoxy) is 1. The lowest BCUT2D eigenvalue weighted by Gasteiger charge is -2.14. The number of rotatable bonds is 4. The van der Waals surface area contributed by atoms with Crippen molar-refractivity contribution in [3.05, 3.63) is 62.3 Å². The van der Waals surface area contributed by atoms with E-state index < -0.39 is 6.10 Å². The fourth-order valence-electron chi connectivity index (χ4n) is 1.79. The number of hydrogen-bond donors (Lipinski definition) is 1. The van der Waals surface area contributed by atoms with Crippen LogP contribution in [0.2, 0.25) is 0 Å². The summed E-state index contributed by atoms with van der Waals surface area (Å²) in [5.74, 6) is 0.228. The zero-order chi connectivity index (χ0) is 14.7. The fourth-order valence-corrected chi connectivity index (χ4v) is 2.57. The van der Waals surface area contributed by atoms with E-state index in [1.165, 1.54) is 6.07 Å². The Labute approximate surface area is 133 Å². The second kappa shape index (κ2) is 6.70. The smallest absolute Gasteiger partial charge is 0.129 e. The van der Waals surface area contributed by atoms with Crippen molar-refractivity contribution in [1.29, 1.82) is 0 Å². The number of benzene rings is 2. The Morgan fingerprint density at radius 2 is 1.80 bits per heavy atom. The van der Waals surface area contributed by atoms with E-state index in [2.05, 4.69) is 31.9 Å². The molecule has 0 bridgehead atoms. The molecule has 0 fully saturated rings. The summed E-state index contributed by atoms with van der Waals surface area (Å²) in [5.41, 5.74) is 1.12. The van der Waals surface area contributed by atoms with Crippen LogP contribution in [0.1, 0.15) is 24.2 Å². The quantitative estimate of drug-likeness (QED) is 0.779. The van der Waals surface area contributed by atoms with Gasteiger partial charge in [-0.15, -0.1) is 0 Å². The van der Waals surface area contributed by atoms with Crippen LogP contribution in [0.15, 0.2) is 45.3 Å². The largest absolute Gasteiger partial charge is 0.488 e. The van der Waals surface area contributed by atoms with Crippen molar-refractivity contribution >= 4 is 31.9 Å². The van der Waals surface area contributed by atoms with Crippen LogP contribution in [0.3, 0.4) is 0 Å². The molecule has 0 saturated carbocycles. The zero-order valence-corrected chi connectivity index (χ0v) is 13.9. The summed E-state index contributed by atoms with van der Waals surface area (Å²) in [5, 5.41) is 9.74. The molecule has 0 spiro atoms. The van der Waals surface area contributed by atoms with Crippen LogP contribution in [0.5, 0.6) is 5.75 Å². The summed E-state index contributed by atoms with van der Waals surface area (Å²) >= 11 is 6.65. The van der Waals surface area contributed by atoms with Gasteiger partial charge in [0.15, 0.2) is 0 Å². The molecule has 0 unspecified atom stereocenters. The molecule has 106 valence electrons. The molecule has 2 rings (SSSR count). The summed E-state index contributed by atoms with van der Waals surface area (Å²) in [6.07, 6.45) is -0.658. The first kappa shape index (κ1) is 15.5. The monoisotopic (exact) mass is 402 g/mol. The van der Waals surface area contributed by atoms with Crippen molar-refractivity contribution < 1.29 is 14.2 Å². The van der Waals surface area contributed by atoms with Crippen molar-refractivity contribution in [2.24, 2.45) is 0 Å². The third kappa shape index (κ3) is 3.81. The van der Waals surface area contributed by atoms with Gasteiger partial charge in [-0.25, -0.2) is 4.39 Å². The van der Waals surface area contributed by atoms with E-state index in [0.717, 1.165) is 8.95 Å². The lowest BCUT2D eigenvalue weighted by Crippen LogP contribution is -2.02. The first-order valence-electron chi connectivity index (χ1n) is 6.01. The number of hydrogen-bond acceptors (Lipinski definition) is 2. The van der Waals surface area contributed by atoms with Crippen molar-refractivity contribution in [3.63, 3.8) is 0 Å². The molecule has 2 nitrogen and oxygen atoms in total. The third-order valence-electron chi connectivity index (χ3n) is 2.81. The van der Waals surface area contributed by atoms with Gasteiger partial charge >= 0.3 is 0 Å². The highest BCUT2D eigenvalue weighted by molar-refractivity contribution is 9.10. The average molecular weight is 404 g/mol. The topological polar surface area (TPSA) is 29.5 Å². The molecule has 0 saturated heterocycles. The number of aliphatic hydroxyl groups excluding tert-OH is 1. The van der Waals surface area contributed by atoms with Crippen LogP contribution >= 0.6 is 31.9 Å². The lowest BCUT2D eigenvalue weighted by molar-refractivity contribution is 0.189. The SMILES string of the molecule is C[C@H](O)c1cc(Br)ccc1OCc1cc(Br)ccc1F. The molecule has 5 heteroatoms. The first-order chi connectivity index (χ1) is 9.47. The van der Waals surface area contributed by atoms with Gasteiger partial charge in [-0.2, -0.15) is 0 Å². The maximum atomic E-state index is 13.6. The van der Waals surface area contributed by atoms with Crippen LogP contribution < -0.4 is 4.74 Å². The van der Waals surface area contributed by atoms with Gasteiger partial charge in [0.25, 0.3) is 0 Å². The average Bonchev–Trinajstić information content (AvgIpc) is 2.40. The Bertz CT molecular complexity index is 615. The minimum Gasteiger partial charge on any atom is -0.488 e. The van der Waals surface area contributed by atoms with Gasteiger partial charge < -0.3 is 9.84 Å². The number of halogens is 3.